The summed E-state index contributed by atoms with van der Waals surface area (Å²) in [5.41, 5.74) is 1.65. The second-order valence-electron chi connectivity index (χ2n) is 5.43. The molecule has 3 aromatic rings. The van der Waals surface area contributed by atoms with Gasteiger partial charge >= 0.3 is 11.7 Å². The smallest absolute Gasteiger partial charge is 0.338 e. The first-order valence-corrected chi connectivity index (χ1v) is 7.17. The summed E-state index contributed by atoms with van der Waals surface area (Å²) in [6.45, 7) is 3.53. The van der Waals surface area contributed by atoms with Crippen LogP contribution in [0.15, 0.2) is 47.3 Å². The van der Waals surface area contributed by atoms with Crippen LogP contribution in [0, 0.1) is 5.82 Å². The minimum atomic E-state index is -0.447. The van der Waals surface area contributed by atoms with E-state index in [-0.39, 0.29) is 17.6 Å². The van der Waals surface area contributed by atoms with Crippen molar-refractivity contribution in [3.63, 3.8) is 0 Å². The van der Waals surface area contributed by atoms with E-state index in [4.69, 9.17) is 4.74 Å². The highest BCUT2D eigenvalue weighted by atomic mass is 19.1. The Balaban J connectivity index is 2.08. The lowest BCUT2D eigenvalue weighted by atomic mass is 10.2. The standard InChI is InChI=1S/C17H15FN2O3/c1-10(2)23-16(21)11-3-8-15-14(9-11)19-17(22)20(15)13-6-4-12(18)5-7-13/h3-10H,1-2H3,(H,19,22). The molecule has 118 valence electrons. The van der Waals surface area contributed by atoms with Crippen LogP contribution in [0.2, 0.25) is 0 Å². The first-order chi connectivity index (χ1) is 11.0. The molecule has 0 saturated heterocycles. The van der Waals surface area contributed by atoms with Crippen molar-refractivity contribution in [2.45, 2.75) is 20.0 Å². The van der Waals surface area contributed by atoms with Crippen LogP contribution in [0.5, 0.6) is 0 Å². The van der Waals surface area contributed by atoms with E-state index in [2.05, 4.69) is 4.98 Å². The summed E-state index contributed by atoms with van der Waals surface area (Å²) in [7, 11) is 0. The Hall–Kier alpha value is -2.89. The van der Waals surface area contributed by atoms with E-state index < -0.39 is 5.97 Å². The van der Waals surface area contributed by atoms with Crippen molar-refractivity contribution >= 4 is 17.0 Å². The lowest BCUT2D eigenvalue weighted by molar-refractivity contribution is 0.0378. The molecule has 0 bridgehead atoms. The monoisotopic (exact) mass is 314 g/mol. The predicted molar refractivity (Wildman–Crippen MR) is 84.4 cm³/mol. The summed E-state index contributed by atoms with van der Waals surface area (Å²) in [4.78, 5) is 26.8. The summed E-state index contributed by atoms with van der Waals surface area (Å²) in [5, 5.41) is 0. The van der Waals surface area contributed by atoms with Crippen molar-refractivity contribution in [1.82, 2.24) is 9.55 Å². The number of nitrogens with one attached hydrogen (secondary N) is 1. The molecule has 1 aromatic heterocycles. The molecule has 0 fully saturated rings. The molecule has 3 rings (SSSR count). The first-order valence-electron chi connectivity index (χ1n) is 7.17. The highest BCUT2D eigenvalue weighted by molar-refractivity contribution is 5.94. The van der Waals surface area contributed by atoms with Gasteiger partial charge in [0.2, 0.25) is 0 Å². The van der Waals surface area contributed by atoms with Crippen LogP contribution in [0.1, 0.15) is 24.2 Å². The molecule has 0 unspecified atom stereocenters. The maximum Gasteiger partial charge on any atom is 0.338 e. The van der Waals surface area contributed by atoms with Crippen LogP contribution in [-0.4, -0.2) is 21.6 Å². The van der Waals surface area contributed by atoms with Gasteiger partial charge in [-0.2, -0.15) is 0 Å². The Morgan fingerprint density at radius 1 is 1.17 bits per heavy atom. The van der Waals surface area contributed by atoms with Gasteiger partial charge in [-0.1, -0.05) is 0 Å². The van der Waals surface area contributed by atoms with Gasteiger partial charge in [0.15, 0.2) is 0 Å². The second-order valence-corrected chi connectivity index (χ2v) is 5.43. The SMILES string of the molecule is CC(C)OC(=O)c1ccc2c(c1)[nH]c(=O)n2-c1ccc(F)cc1. The highest BCUT2D eigenvalue weighted by Gasteiger charge is 2.14. The molecule has 2 aromatic carbocycles. The molecule has 0 amide bonds. The lowest BCUT2D eigenvalue weighted by Gasteiger charge is -2.08. The van der Waals surface area contributed by atoms with E-state index in [1.54, 1.807) is 32.0 Å². The fourth-order valence-corrected chi connectivity index (χ4v) is 2.37. The Morgan fingerprint density at radius 2 is 1.87 bits per heavy atom. The normalized spacial score (nSPS) is 11.1. The van der Waals surface area contributed by atoms with Gasteiger partial charge in [0.25, 0.3) is 0 Å². The second kappa shape index (κ2) is 5.72. The number of esters is 1. The number of rotatable bonds is 3. The number of nitrogens with zero attached hydrogens (tertiary/aromatic N) is 1. The highest BCUT2D eigenvalue weighted by Crippen LogP contribution is 2.18. The predicted octanol–water partition coefficient (Wildman–Crippen LogP) is 3.02. The maximum absolute atomic E-state index is 13.0. The number of benzene rings is 2. The number of aromatic nitrogens is 2. The summed E-state index contributed by atoms with van der Waals surface area (Å²) in [6.07, 6.45) is -0.221. The molecule has 0 spiro atoms. The van der Waals surface area contributed by atoms with Gasteiger partial charge in [-0.15, -0.1) is 0 Å². The van der Waals surface area contributed by atoms with Crippen LogP contribution >= 0.6 is 0 Å². The number of aromatic amines is 1. The van der Waals surface area contributed by atoms with Crippen molar-refractivity contribution in [2.24, 2.45) is 0 Å². The zero-order chi connectivity index (χ0) is 16.6. The molecular formula is C17H15FN2O3. The van der Waals surface area contributed by atoms with Crippen LogP contribution in [0.3, 0.4) is 0 Å². The van der Waals surface area contributed by atoms with Gasteiger partial charge in [-0.25, -0.2) is 14.0 Å². The molecule has 0 atom stereocenters. The molecule has 0 aliphatic heterocycles. The number of carbonyl (C=O) groups excluding carboxylic acids is 1. The molecule has 23 heavy (non-hydrogen) atoms. The molecule has 0 aliphatic carbocycles. The molecule has 0 radical (unpaired) electrons. The van der Waals surface area contributed by atoms with Gasteiger partial charge < -0.3 is 9.72 Å². The van der Waals surface area contributed by atoms with Crippen molar-refractivity contribution in [3.8, 4) is 5.69 Å². The van der Waals surface area contributed by atoms with Crippen LogP contribution in [-0.2, 0) is 4.74 Å². The van der Waals surface area contributed by atoms with Crippen molar-refractivity contribution in [2.75, 3.05) is 0 Å². The van der Waals surface area contributed by atoms with Crippen LogP contribution in [0.4, 0.5) is 4.39 Å². The van der Waals surface area contributed by atoms with Gasteiger partial charge in [0.05, 0.1) is 28.4 Å². The fourth-order valence-electron chi connectivity index (χ4n) is 2.37. The summed E-state index contributed by atoms with van der Waals surface area (Å²) in [5.74, 6) is -0.822. The number of carbonyl (C=O) groups is 1. The molecule has 0 saturated carbocycles. The third kappa shape index (κ3) is 2.88. The maximum atomic E-state index is 13.0. The number of fused-ring (bicyclic) bond motifs is 1. The third-order valence-electron chi connectivity index (χ3n) is 3.35. The molecule has 6 heteroatoms. The average molecular weight is 314 g/mol. The zero-order valence-corrected chi connectivity index (χ0v) is 12.7. The Morgan fingerprint density at radius 3 is 2.52 bits per heavy atom. The van der Waals surface area contributed by atoms with E-state index in [1.807, 2.05) is 0 Å². The van der Waals surface area contributed by atoms with Crippen molar-refractivity contribution in [1.29, 1.82) is 0 Å². The molecule has 1 N–H and O–H groups in total. The largest absolute Gasteiger partial charge is 0.459 e. The third-order valence-corrected chi connectivity index (χ3v) is 3.35. The number of ether oxygens (including phenoxy) is 1. The Kier molecular flexibility index (Phi) is 3.73. The van der Waals surface area contributed by atoms with Gasteiger partial charge in [-0.3, -0.25) is 4.57 Å². The Labute approximate surface area is 131 Å². The van der Waals surface area contributed by atoms with Crippen molar-refractivity contribution < 1.29 is 13.9 Å². The van der Waals surface area contributed by atoms with Gasteiger partial charge in [0, 0.05) is 0 Å². The van der Waals surface area contributed by atoms with Gasteiger partial charge in [0.1, 0.15) is 5.82 Å². The van der Waals surface area contributed by atoms with Crippen LogP contribution < -0.4 is 5.69 Å². The number of H-pyrrole nitrogens is 1. The summed E-state index contributed by atoms with van der Waals surface area (Å²) in [6, 6.07) is 10.4. The number of imidazole rings is 1. The van der Waals surface area contributed by atoms with E-state index in [0.29, 0.717) is 22.3 Å². The quantitative estimate of drug-likeness (QED) is 0.756. The van der Waals surface area contributed by atoms with E-state index in [0.717, 1.165) is 0 Å². The van der Waals surface area contributed by atoms with E-state index >= 15 is 0 Å². The summed E-state index contributed by atoms with van der Waals surface area (Å²) < 4.78 is 19.6. The molecule has 5 nitrogen and oxygen atoms in total. The van der Waals surface area contributed by atoms with Crippen LogP contribution in [0.25, 0.3) is 16.7 Å². The Bertz CT molecular complexity index is 923. The topological polar surface area (TPSA) is 64.1 Å². The van der Waals surface area contributed by atoms with E-state index in [1.165, 1.54) is 28.8 Å². The number of hydrogen-bond donors (Lipinski definition) is 1. The first kappa shape index (κ1) is 15.0. The zero-order valence-electron chi connectivity index (χ0n) is 12.7. The number of halogens is 1. The van der Waals surface area contributed by atoms with Gasteiger partial charge in [-0.05, 0) is 56.3 Å². The minimum absolute atomic E-state index is 0.221. The lowest BCUT2D eigenvalue weighted by Crippen LogP contribution is -2.14. The molecule has 1 heterocycles. The van der Waals surface area contributed by atoms with E-state index in [9.17, 15) is 14.0 Å². The molecular weight excluding hydrogens is 299 g/mol. The minimum Gasteiger partial charge on any atom is -0.459 e. The number of hydrogen-bond acceptors (Lipinski definition) is 3. The fraction of sp³-hybridized carbons (Fsp3) is 0.176. The van der Waals surface area contributed by atoms with Crippen molar-refractivity contribution in [3.05, 3.63) is 64.3 Å². The summed E-state index contributed by atoms with van der Waals surface area (Å²) >= 11 is 0. The average Bonchev–Trinajstić information content (AvgIpc) is 2.82. The molecule has 0 aliphatic rings.